The van der Waals surface area contributed by atoms with Crippen molar-refractivity contribution in [1.29, 1.82) is 0 Å². The Kier molecular flexibility index (Phi) is 2.22. The number of para-hydroxylation sites is 1. The fraction of sp³-hybridized carbons (Fsp3) is 0.400. The lowest BCUT2D eigenvalue weighted by Crippen LogP contribution is -2.26. The summed E-state index contributed by atoms with van der Waals surface area (Å²) in [4.78, 5) is 0. The van der Waals surface area contributed by atoms with Gasteiger partial charge in [-0.2, -0.15) is 0 Å². The molecule has 1 nitrogen and oxygen atoms in total. The molecule has 1 atom stereocenters. The van der Waals surface area contributed by atoms with Crippen molar-refractivity contribution < 1.29 is 0 Å². The Hall–Kier alpha value is -0.690. The van der Waals surface area contributed by atoms with Crippen molar-refractivity contribution in [2.24, 2.45) is 0 Å². The summed E-state index contributed by atoms with van der Waals surface area (Å²) >= 11 is 5.78. The first-order valence-electron chi connectivity index (χ1n) is 4.30. The molecule has 0 amide bonds. The quantitative estimate of drug-likeness (QED) is 0.657. The van der Waals surface area contributed by atoms with Crippen LogP contribution in [0, 0.1) is 0 Å². The van der Waals surface area contributed by atoms with Crippen LogP contribution in [0.1, 0.15) is 12.0 Å². The molecule has 1 aromatic carbocycles. The minimum atomic E-state index is 0.460. The van der Waals surface area contributed by atoms with E-state index in [1.807, 2.05) is 0 Å². The van der Waals surface area contributed by atoms with Crippen LogP contribution >= 0.6 is 11.6 Å². The predicted octanol–water partition coefficient (Wildman–Crippen LogP) is 2.65. The van der Waals surface area contributed by atoms with Crippen molar-refractivity contribution in [2.75, 3.05) is 11.2 Å². The summed E-state index contributed by atoms with van der Waals surface area (Å²) in [6, 6.07) is 8.90. The van der Waals surface area contributed by atoms with Gasteiger partial charge in [0.25, 0.3) is 0 Å². The number of anilines is 1. The average Bonchev–Trinajstić information content (AvgIpc) is 2.17. The van der Waals surface area contributed by atoms with Crippen LogP contribution in [-0.2, 0) is 6.42 Å². The van der Waals surface area contributed by atoms with Crippen LogP contribution in [0.2, 0.25) is 0 Å². The predicted molar refractivity (Wildman–Crippen MR) is 52.9 cm³/mol. The van der Waals surface area contributed by atoms with E-state index in [0.29, 0.717) is 11.9 Å². The van der Waals surface area contributed by atoms with E-state index in [-0.39, 0.29) is 0 Å². The number of benzene rings is 1. The van der Waals surface area contributed by atoms with Gasteiger partial charge < -0.3 is 5.32 Å². The van der Waals surface area contributed by atoms with Gasteiger partial charge in [0.2, 0.25) is 0 Å². The van der Waals surface area contributed by atoms with Crippen molar-refractivity contribution in [2.45, 2.75) is 18.9 Å². The second-order valence-electron chi connectivity index (χ2n) is 3.19. The fourth-order valence-corrected chi connectivity index (χ4v) is 1.85. The van der Waals surface area contributed by atoms with Gasteiger partial charge in [-0.1, -0.05) is 18.2 Å². The number of aryl methyl sites for hydroxylation is 1. The van der Waals surface area contributed by atoms with Crippen molar-refractivity contribution in [3.63, 3.8) is 0 Å². The smallest absolute Gasteiger partial charge is 0.0425 e. The normalized spacial score (nSPS) is 21.2. The van der Waals surface area contributed by atoms with Crippen LogP contribution in [0.25, 0.3) is 0 Å². The highest BCUT2D eigenvalue weighted by atomic mass is 35.5. The van der Waals surface area contributed by atoms with Crippen LogP contribution in [0.15, 0.2) is 24.3 Å². The van der Waals surface area contributed by atoms with Gasteiger partial charge in [0.05, 0.1) is 0 Å². The number of hydrogen-bond donors (Lipinski definition) is 1. The molecule has 1 N–H and O–H groups in total. The topological polar surface area (TPSA) is 12.0 Å². The molecule has 0 saturated heterocycles. The molecule has 2 heteroatoms. The fourth-order valence-electron chi connectivity index (χ4n) is 1.62. The molecule has 0 saturated carbocycles. The van der Waals surface area contributed by atoms with Gasteiger partial charge in [0.1, 0.15) is 0 Å². The van der Waals surface area contributed by atoms with Crippen LogP contribution in [0.4, 0.5) is 5.69 Å². The Bertz CT molecular complexity index is 272. The van der Waals surface area contributed by atoms with Crippen molar-refractivity contribution in [1.82, 2.24) is 0 Å². The first kappa shape index (κ1) is 7.93. The molecule has 0 bridgehead atoms. The summed E-state index contributed by atoms with van der Waals surface area (Å²) in [5.41, 5.74) is 2.67. The Morgan fingerprint density at radius 1 is 1.42 bits per heavy atom. The molecule has 0 spiro atoms. The molecule has 2 rings (SSSR count). The number of nitrogens with one attached hydrogen (secondary N) is 1. The zero-order chi connectivity index (χ0) is 8.39. The summed E-state index contributed by atoms with van der Waals surface area (Å²) in [6.07, 6.45) is 2.31. The van der Waals surface area contributed by atoms with E-state index in [1.54, 1.807) is 0 Å². The van der Waals surface area contributed by atoms with E-state index in [1.165, 1.54) is 11.3 Å². The van der Waals surface area contributed by atoms with Gasteiger partial charge in [0.15, 0.2) is 0 Å². The molecule has 0 fully saturated rings. The molecule has 1 aliphatic rings. The van der Waals surface area contributed by atoms with Gasteiger partial charge in [0, 0.05) is 17.6 Å². The van der Waals surface area contributed by atoms with E-state index in [4.69, 9.17) is 11.6 Å². The van der Waals surface area contributed by atoms with Gasteiger partial charge in [-0.15, -0.1) is 11.6 Å². The number of alkyl halides is 1. The molecule has 12 heavy (non-hydrogen) atoms. The Balaban J connectivity index is 2.23. The molecule has 0 unspecified atom stereocenters. The summed E-state index contributed by atoms with van der Waals surface area (Å²) in [7, 11) is 0. The van der Waals surface area contributed by atoms with Gasteiger partial charge in [-0.25, -0.2) is 0 Å². The van der Waals surface area contributed by atoms with Crippen LogP contribution in [0.5, 0.6) is 0 Å². The zero-order valence-corrected chi connectivity index (χ0v) is 7.64. The van der Waals surface area contributed by atoms with Gasteiger partial charge in [-0.05, 0) is 24.5 Å². The van der Waals surface area contributed by atoms with E-state index in [9.17, 15) is 0 Å². The summed E-state index contributed by atoms with van der Waals surface area (Å²) in [5.74, 6) is 0.703. The molecular weight excluding hydrogens is 170 g/mol. The highest BCUT2D eigenvalue weighted by molar-refractivity contribution is 6.18. The lowest BCUT2D eigenvalue weighted by Gasteiger charge is -2.25. The summed E-state index contributed by atoms with van der Waals surface area (Å²) in [5, 5.41) is 3.41. The minimum Gasteiger partial charge on any atom is -0.381 e. The van der Waals surface area contributed by atoms with Gasteiger partial charge in [-0.3, -0.25) is 0 Å². The molecule has 64 valence electrons. The first-order valence-corrected chi connectivity index (χ1v) is 4.84. The molecule has 1 aromatic rings. The monoisotopic (exact) mass is 181 g/mol. The standard InChI is InChI=1S/C10H12ClN/c11-7-9-6-5-8-3-1-2-4-10(8)12-9/h1-4,9,12H,5-7H2/t9-/m0/s1. The lowest BCUT2D eigenvalue weighted by atomic mass is 9.99. The molecule has 1 aliphatic heterocycles. The maximum Gasteiger partial charge on any atom is 0.0425 e. The first-order chi connectivity index (χ1) is 5.90. The molecule has 1 heterocycles. The second-order valence-corrected chi connectivity index (χ2v) is 3.50. The van der Waals surface area contributed by atoms with Crippen molar-refractivity contribution in [3.8, 4) is 0 Å². The third-order valence-electron chi connectivity index (χ3n) is 2.33. The third-order valence-corrected chi connectivity index (χ3v) is 2.70. The van der Waals surface area contributed by atoms with Crippen LogP contribution in [0.3, 0.4) is 0 Å². The maximum atomic E-state index is 5.78. The Labute approximate surface area is 77.7 Å². The summed E-state index contributed by atoms with van der Waals surface area (Å²) in [6.45, 7) is 0. The van der Waals surface area contributed by atoms with E-state index in [0.717, 1.165) is 12.8 Å². The van der Waals surface area contributed by atoms with Crippen molar-refractivity contribution in [3.05, 3.63) is 29.8 Å². The maximum absolute atomic E-state index is 5.78. The van der Waals surface area contributed by atoms with Crippen LogP contribution in [-0.4, -0.2) is 11.9 Å². The largest absolute Gasteiger partial charge is 0.381 e. The van der Waals surface area contributed by atoms with E-state index in [2.05, 4.69) is 29.6 Å². The Morgan fingerprint density at radius 2 is 2.25 bits per heavy atom. The summed E-state index contributed by atoms with van der Waals surface area (Å²) < 4.78 is 0. The SMILES string of the molecule is ClC[C@@H]1CCc2ccccc2N1. The second kappa shape index (κ2) is 3.36. The average molecular weight is 182 g/mol. The number of rotatable bonds is 1. The Morgan fingerprint density at radius 3 is 3.08 bits per heavy atom. The number of hydrogen-bond acceptors (Lipinski definition) is 1. The molecule has 0 aliphatic carbocycles. The van der Waals surface area contributed by atoms with Gasteiger partial charge >= 0.3 is 0 Å². The molecule has 0 radical (unpaired) electrons. The highest BCUT2D eigenvalue weighted by Crippen LogP contribution is 2.24. The minimum absolute atomic E-state index is 0.460. The van der Waals surface area contributed by atoms with E-state index >= 15 is 0 Å². The number of halogens is 1. The molecule has 0 aromatic heterocycles. The lowest BCUT2D eigenvalue weighted by molar-refractivity contribution is 0.686. The number of fused-ring (bicyclic) bond motifs is 1. The zero-order valence-electron chi connectivity index (χ0n) is 6.89. The van der Waals surface area contributed by atoms with Crippen molar-refractivity contribution >= 4 is 17.3 Å². The van der Waals surface area contributed by atoms with E-state index < -0.39 is 0 Å². The highest BCUT2D eigenvalue weighted by Gasteiger charge is 2.15. The molecular formula is C10H12ClN. The van der Waals surface area contributed by atoms with Crippen LogP contribution < -0.4 is 5.32 Å². The third kappa shape index (κ3) is 1.42.